The van der Waals surface area contributed by atoms with E-state index in [0.717, 1.165) is 10.7 Å². The van der Waals surface area contributed by atoms with Crippen LogP contribution in [0.2, 0.25) is 0 Å². The molecule has 5 heteroatoms. The van der Waals surface area contributed by atoms with E-state index in [4.69, 9.17) is 0 Å². The number of thioether (sulfide) groups is 1. The quantitative estimate of drug-likeness (QED) is 0.841. The summed E-state index contributed by atoms with van der Waals surface area (Å²) in [4.78, 5) is 13.6. The number of hydrogen-bond acceptors (Lipinski definition) is 3. The van der Waals surface area contributed by atoms with Crippen molar-refractivity contribution >= 4 is 23.5 Å². The maximum atomic E-state index is 12.4. The largest absolute Gasteiger partial charge is 0.310 e. The van der Waals surface area contributed by atoms with Gasteiger partial charge in [0.05, 0.1) is 11.4 Å². The van der Waals surface area contributed by atoms with Gasteiger partial charge in [-0.15, -0.1) is 11.8 Å². The van der Waals surface area contributed by atoms with Crippen LogP contribution in [0.15, 0.2) is 35.4 Å². The van der Waals surface area contributed by atoms with E-state index >= 15 is 0 Å². The molecule has 1 heterocycles. The molecule has 2 aromatic rings. The van der Waals surface area contributed by atoms with Crippen LogP contribution in [0.4, 0.5) is 5.82 Å². The van der Waals surface area contributed by atoms with Crippen LogP contribution in [0.25, 0.3) is 0 Å². The summed E-state index contributed by atoms with van der Waals surface area (Å²) in [5.74, 6) is 0.738. The Morgan fingerprint density at radius 2 is 1.95 bits per heavy atom. The zero-order chi connectivity index (χ0) is 16.3. The van der Waals surface area contributed by atoms with E-state index < -0.39 is 0 Å². The number of rotatable bonds is 5. The van der Waals surface area contributed by atoms with Gasteiger partial charge in [-0.1, -0.05) is 17.7 Å². The van der Waals surface area contributed by atoms with E-state index in [1.54, 1.807) is 18.0 Å². The summed E-state index contributed by atoms with van der Waals surface area (Å²) in [6, 6.07) is 8.35. The Hall–Kier alpha value is -1.75. The predicted molar refractivity (Wildman–Crippen MR) is 92.5 cm³/mol. The fourth-order valence-electron chi connectivity index (χ4n) is 2.13. The standard InChI is InChI=1S/C17H23N3OS/c1-11(2)20-16(8-9-18-20)19-17(21)14(5)22-15-10-12(3)6-7-13(15)4/h6-11,14H,1-5H3,(H,19,21). The number of nitrogens with one attached hydrogen (secondary N) is 1. The maximum Gasteiger partial charge on any atom is 0.238 e. The molecule has 2 rings (SSSR count). The number of hydrogen-bond donors (Lipinski definition) is 1. The van der Waals surface area contributed by atoms with E-state index in [-0.39, 0.29) is 17.2 Å². The van der Waals surface area contributed by atoms with Crippen molar-refractivity contribution < 1.29 is 4.79 Å². The van der Waals surface area contributed by atoms with Gasteiger partial charge in [-0.2, -0.15) is 5.10 Å². The number of carbonyl (C=O) groups excluding carboxylic acids is 1. The molecule has 1 atom stereocenters. The van der Waals surface area contributed by atoms with Gasteiger partial charge in [0.2, 0.25) is 5.91 Å². The molecule has 1 amide bonds. The SMILES string of the molecule is Cc1ccc(C)c(SC(C)C(=O)Nc2ccnn2C(C)C)c1. The van der Waals surface area contributed by atoms with Crippen LogP contribution >= 0.6 is 11.8 Å². The van der Waals surface area contributed by atoms with Crippen LogP contribution < -0.4 is 5.32 Å². The Labute approximate surface area is 136 Å². The van der Waals surface area contributed by atoms with Crippen molar-refractivity contribution in [1.29, 1.82) is 0 Å². The first-order chi connectivity index (χ1) is 10.4. The van der Waals surface area contributed by atoms with Gasteiger partial charge in [-0.3, -0.25) is 4.79 Å². The molecule has 0 aliphatic heterocycles. The van der Waals surface area contributed by atoms with Gasteiger partial charge in [-0.25, -0.2) is 4.68 Å². The van der Waals surface area contributed by atoms with Crippen LogP contribution in [0.5, 0.6) is 0 Å². The zero-order valence-electron chi connectivity index (χ0n) is 13.8. The van der Waals surface area contributed by atoms with E-state index in [2.05, 4.69) is 42.5 Å². The number of anilines is 1. The van der Waals surface area contributed by atoms with Crippen molar-refractivity contribution in [3.8, 4) is 0 Å². The Bertz CT molecular complexity index is 664. The van der Waals surface area contributed by atoms with Crippen LogP contribution in [-0.2, 0) is 4.79 Å². The maximum absolute atomic E-state index is 12.4. The number of amides is 1. The Kier molecular flexibility index (Phi) is 5.29. The fraction of sp³-hybridized carbons (Fsp3) is 0.412. The molecule has 0 radical (unpaired) electrons. The molecule has 0 saturated heterocycles. The molecule has 4 nitrogen and oxygen atoms in total. The molecule has 1 N–H and O–H groups in total. The number of nitrogens with zero attached hydrogens (tertiary/aromatic N) is 2. The van der Waals surface area contributed by atoms with Gasteiger partial charge >= 0.3 is 0 Å². The molecule has 0 saturated carbocycles. The smallest absolute Gasteiger partial charge is 0.238 e. The third-order valence-electron chi connectivity index (χ3n) is 3.43. The van der Waals surface area contributed by atoms with E-state index in [9.17, 15) is 4.79 Å². The topological polar surface area (TPSA) is 46.9 Å². The van der Waals surface area contributed by atoms with Gasteiger partial charge in [0.25, 0.3) is 0 Å². The van der Waals surface area contributed by atoms with E-state index in [1.807, 2.05) is 31.5 Å². The van der Waals surface area contributed by atoms with Gasteiger partial charge in [0, 0.05) is 17.0 Å². The minimum atomic E-state index is -0.170. The third kappa shape index (κ3) is 3.91. The van der Waals surface area contributed by atoms with Crippen LogP contribution in [0, 0.1) is 13.8 Å². The first-order valence-electron chi connectivity index (χ1n) is 7.46. The lowest BCUT2D eigenvalue weighted by molar-refractivity contribution is -0.115. The lowest BCUT2D eigenvalue weighted by Gasteiger charge is -2.16. The van der Waals surface area contributed by atoms with Gasteiger partial charge in [-0.05, 0) is 46.2 Å². The summed E-state index contributed by atoms with van der Waals surface area (Å²) in [5.41, 5.74) is 2.40. The zero-order valence-corrected chi connectivity index (χ0v) is 14.6. The molecule has 22 heavy (non-hydrogen) atoms. The van der Waals surface area contributed by atoms with Crippen LogP contribution in [0.3, 0.4) is 0 Å². The Balaban J connectivity index is 2.06. The molecule has 0 fully saturated rings. The Morgan fingerprint density at radius 3 is 2.64 bits per heavy atom. The summed E-state index contributed by atoms with van der Waals surface area (Å²) in [7, 11) is 0. The number of aryl methyl sites for hydroxylation is 2. The van der Waals surface area contributed by atoms with Crippen LogP contribution in [0.1, 0.15) is 37.9 Å². The van der Waals surface area contributed by atoms with Crippen molar-refractivity contribution in [3.63, 3.8) is 0 Å². The highest BCUT2D eigenvalue weighted by Crippen LogP contribution is 2.28. The lowest BCUT2D eigenvalue weighted by Crippen LogP contribution is -2.24. The summed E-state index contributed by atoms with van der Waals surface area (Å²) in [5, 5.41) is 7.03. The second-order valence-corrected chi connectivity index (χ2v) is 7.16. The molecule has 0 spiro atoms. The molecule has 0 aliphatic rings. The normalized spacial score (nSPS) is 12.5. The first kappa shape index (κ1) is 16.6. The molecule has 0 bridgehead atoms. The molecule has 118 valence electrons. The monoisotopic (exact) mass is 317 g/mol. The number of benzene rings is 1. The highest BCUT2D eigenvalue weighted by atomic mass is 32.2. The second kappa shape index (κ2) is 7.01. The average Bonchev–Trinajstić information content (AvgIpc) is 2.91. The highest BCUT2D eigenvalue weighted by molar-refractivity contribution is 8.00. The molecule has 1 aromatic heterocycles. The molecule has 1 aromatic carbocycles. The Morgan fingerprint density at radius 1 is 1.23 bits per heavy atom. The minimum Gasteiger partial charge on any atom is -0.310 e. The fourth-order valence-corrected chi connectivity index (χ4v) is 3.19. The van der Waals surface area contributed by atoms with Crippen molar-refractivity contribution in [2.24, 2.45) is 0 Å². The summed E-state index contributed by atoms with van der Waals surface area (Å²) >= 11 is 1.59. The third-order valence-corrected chi connectivity index (χ3v) is 4.69. The van der Waals surface area contributed by atoms with Gasteiger partial charge < -0.3 is 5.32 Å². The van der Waals surface area contributed by atoms with Gasteiger partial charge in [0.15, 0.2) is 0 Å². The van der Waals surface area contributed by atoms with E-state index in [0.29, 0.717) is 0 Å². The summed E-state index contributed by atoms with van der Waals surface area (Å²) < 4.78 is 1.81. The lowest BCUT2D eigenvalue weighted by atomic mass is 10.2. The molecular formula is C17H23N3OS. The van der Waals surface area contributed by atoms with Crippen LogP contribution in [-0.4, -0.2) is 20.9 Å². The molecule has 1 unspecified atom stereocenters. The first-order valence-corrected chi connectivity index (χ1v) is 8.34. The van der Waals surface area contributed by atoms with Gasteiger partial charge in [0.1, 0.15) is 5.82 Å². The molecule has 0 aliphatic carbocycles. The number of aromatic nitrogens is 2. The average molecular weight is 317 g/mol. The second-order valence-electron chi connectivity index (χ2n) is 5.77. The predicted octanol–water partition coefficient (Wildman–Crippen LogP) is 4.20. The van der Waals surface area contributed by atoms with Crippen molar-refractivity contribution in [1.82, 2.24) is 9.78 Å². The van der Waals surface area contributed by atoms with Crippen molar-refractivity contribution in [2.75, 3.05) is 5.32 Å². The summed E-state index contributed by atoms with van der Waals surface area (Å²) in [6.07, 6.45) is 1.71. The van der Waals surface area contributed by atoms with E-state index in [1.165, 1.54) is 11.1 Å². The number of carbonyl (C=O) groups is 1. The van der Waals surface area contributed by atoms with Crippen molar-refractivity contribution in [2.45, 2.75) is 50.8 Å². The minimum absolute atomic E-state index is 0.00620. The highest BCUT2D eigenvalue weighted by Gasteiger charge is 2.17. The molecular weight excluding hydrogens is 294 g/mol. The summed E-state index contributed by atoms with van der Waals surface area (Å²) in [6.45, 7) is 10.1. The van der Waals surface area contributed by atoms with Crippen molar-refractivity contribution in [3.05, 3.63) is 41.6 Å².